The zero-order valence-corrected chi connectivity index (χ0v) is 12.0. The van der Waals surface area contributed by atoms with Gasteiger partial charge in [0.1, 0.15) is 0 Å². The molecule has 1 saturated carbocycles. The molecule has 0 aromatic carbocycles. The van der Waals surface area contributed by atoms with Crippen molar-refractivity contribution >= 4 is 5.91 Å². The standard InChI is InChI=1S/C15H30N2O/c1-2-3-4-5-7-10-14(18)17-15(13-16)11-8-6-9-12-15/h2-13,16H2,1H3,(H,17,18). The zero-order valence-electron chi connectivity index (χ0n) is 12.0. The van der Waals surface area contributed by atoms with Crippen molar-refractivity contribution in [2.75, 3.05) is 6.54 Å². The van der Waals surface area contributed by atoms with Gasteiger partial charge in [0.25, 0.3) is 0 Å². The summed E-state index contributed by atoms with van der Waals surface area (Å²) in [4.78, 5) is 11.9. The lowest BCUT2D eigenvalue weighted by molar-refractivity contribution is -0.123. The molecule has 1 aliphatic carbocycles. The molecule has 1 aliphatic rings. The Labute approximate surface area is 112 Å². The molecule has 0 heterocycles. The summed E-state index contributed by atoms with van der Waals surface area (Å²) in [6, 6.07) is 0. The van der Waals surface area contributed by atoms with Gasteiger partial charge < -0.3 is 11.1 Å². The lowest BCUT2D eigenvalue weighted by Crippen LogP contribution is -2.54. The number of hydrogen-bond acceptors (Lipinski definition) is 2. The Morgan fingerprint density at radius 1 is 1.11 bits per heavy atom. The summed E-state index contributed by atoms with van der Waals surface area (Å²) in [7, 11) is 0. The number of nitrogens with two attached hydrogens (primary N) is 1. The molecule has 0 radical (unpaired) electrons. The van der Waals surface area contributed by atoms with E-state index in [9.17, 15) is 4.79 Å². The molecule has 1 fully saturated rings. The molecule has 0 spiro atoms. The third-order valence-electron chi connectivity index (χ3n) is 4.11. The van der Waals surface area contributed by atoms with E-state index in [1.165, 1.54) is 44.9 Å². The summed E-state index contributed by atoms with van der Waals surface area (Å²) in [6.45, 7) is 2.80. The molecular formula is C15H30N2O. The van der Waals surface area contributed by atoms with Gasteiger partial charge in [-0.15, -0.1) is 0 Å². The molecule has 1 rings (SSSR count). The van der Waals surface area contributed by atoms with Crippen LogP contribution in [0.3, 0.4) is 0 Å². The molecule has 1 amide bonds. The first-order valence-electron chi connectivity index (χ1n) is 7.73. The second-order valence-corrected chi connectivity index (χ2v) is 5.76. The van der Waals surface area contributed by atoms with Gasteiger partial charge >= 0.3 is 0 Å². The van der Waals surface area contributed by atoms with Crippen molar-refractivity contribution in [2.45, 2.75) is 83.1 Å². The van der Waals surface area contributed by atoms with Gasteiger partial charge in [0.15, 0.2) is 0 Å². The van der Waals surface area contributed by atoms with E-state index in [0.717, 1.165) is 19.3 Å². The van der Waals surface area contributed by atoms with E-state index in [1.54, 1.807) is 0 Å². The fourth-order valence-corrected chi connectivity index (χ4v) is 2.86. The van der Waals surface area contributed by atoms with Gasteiger partial charge in [0, 0.05) is 13.0 Å². The molecular weight excluding hydrogens is 224 g/mol. The normalized spacial score (nSPS) is 18.6. The van der Waals surface area contributed by atoms with E-state index in [2.05, 4.69) is 12.2 Å². The molecule has 0 bridgehead atoms. The molecule has 0 saturated heterocycles. The Morgan fingerprint density at radius 3 is 2.39 bits per heavy atom. The monoisotopic (exact) mass is 254 g/mol. The number of nitrogens with one attached hydrogen (secondary N) is 1. The van der Waals surface area contributed by atoms with Crippen LogP contribution in [-0.4, -0.2) is 18.0 Å². The van der Waals surface area contributed by atoms with Crippen LogP contribution in [0.4, 0.5) is 0 Å². The largest absolute Gasteiger partial charge is 0.349 e. The second-order valence-electron chi connectivity index (χ2n) is 5.76. The van der Waals surface area contributed by atoms with Gasteiger partial charge in [-0.3, -0.25) is 4.79 Å². The van der Waals surface area contributed by atoms with E-state index < -0.39 is 0 Å². The number of carbonyl (C=O) groups is 1. The predicted molar refractivity (Wildman–Crippen MR) is 76.4 cm³/mol. The van der Waals surface area contributed by atoms with Crippen LogP contribution in [-0.2, 0) is 4.79 Å². The number of carbonyl (C=O) groups excluding carboxylic acids is 1. The van der Waals surface area contributed by atoms with Crippen molar-refractivity contribution in [1.29, 1.82) is 0 Å². The molecule has 106 valence electrons. The van der Waals surface area contributed by atoms with Crippen LogP contribution >= 0.6 is 0 Å². The van der Waals surface area contributed by atoms with Crippen molar-refractivity contribution in [3.8, 4) is 0 Å². The highest BCUT2D eigenvalue weighted by Crippen LogP contribution is 2.27. The smallest absolute Gasteiger partial charge is 0.220 e. The van der Waals surface area contributed by atoms with E-state index in [0.29, 0.717) is 13.0 Å². The average Bonchev–Trinajstić information content (AvgIpc) is 2.39. The molecule has 0 aromatic rings. The molecule has 0 aromatic heterocycles. The van der Waals surface area contributed by atoms with Gasteiger partial charge in [0.05, 0.1) is 5.54 Å². The maximum absolute atomic E-state index is 11.9. The Balaban J connectivity index is 2.20. The van der Waals surface area contributed by atoms with Crippen LogP contribution in [0.1, 0.15) is 77.6 Å². The summed E-state index contributed by atoms with van der Waals surface area (Å²) in [5, 5.41) is 3.21. The van der Waals surface area contributed by atoms with E-state index in [4.69, 9.17) is 5.73 Å². The summed E-state index contributed by atoms with van der Waals surface area (Å²) in [5.41, 5.74) is 5.78. The highest BCUT2D eigenvalue weighted by Gasteiger charge is 2.31. The molecule has 3 nitrogen and oxygen atoms in total. The van der Waals surface area contributed by atoms with Gasteiger partial charge in [-0.2, -0.15) is 0 Å². The first-order valence-corrected chi connectivity index (χ1v) is 7.73. The third kappa shape index (κ3) is 5.38. The van der Waals surface area contributed by atoms with Crippen LogP contribution in [0.2, 0.25) is 0 Å². The Kier molecular flexibility index (Phi) is 7.33. The highest BCUT2D eigenvalue weighted by atomic mass is 16.1. The molecule has 18 heavy (non-hydrogen) atoms. The lowest BCUT2D eigenvalue weighted by atomic mass is 9.81. The Morgan fingerprint density at radius 2 is 1.78 bits per heavy atom. The maximum Gasteiger partial charge on any atom is 0.220 e. The number of rotatable bonds is 8. The fourth-order valence-electron chi connectivity index (χ4n) is 2.86. The quantitative estimate of drug-likeness (QED) is 0.654. The van der Waals surface area contributed by atoms with Crippen LogP contribution in [0.15, 0.2) is 0 Å². The summed E-state index contributed by atoms with van der Waals surface area (Å²) >= 11 is 0. The molecule has 0 atom stereocenters. The minimum atomic E-state index is -0.0846. The van der Waals surface area contributed by atoms with Crippen molar-refractivity contribution in [3.63, 3.8) is 0 Å². The fraction of sp³-hybridized carbons (Fsp3) is 0.933. The summed E-state index contributed by atoms with van der Waals surface area (Å²) in [5.74, 6) is 0.207. The SMILES string of the molecule is CCCCCCCC(=O)NC1(CN)CCCCC1. The van der Waals surface area contributed by atoms with Gasteiger partial charge in [0.2, 0.25) is 5.91 Å². The Bertz CT molecular complexity index is 235. The van der Waals surface area contributed by atoms with E-state index in [1.807, 2.05) is 0 Å². The number of unbranched alkanes of at least 4 members (excludes halogenated alkanes) is 4. The van der Waals surface area contributed by atoms with Gasteiger partial charge in [-0.05, 0) is 19.3 Å². The van der Waals surface area contributed by atoms with Crippen molar-refractivity contribution < 1.29 is 4.79 Å². The van der Waals surface area contributed by atoms with Gasteiger partial charge in [-0.1, -0.05) is 51.9 Å². The van der Waals surface area contributed by atoms with E-state index in [-0.39, 0.29) is 11.4 Å². The zero-order chi connectivity index (χ0) is 13.3. The molecule has 0 aliphatic heterocycles. The lowest BCUT2D eigenvalue weighted by Gasteiger charge is -2.37. The topological polar surface area (TPSA) is 55.1 Å². The summed E-state index contributed by atoms with van der Waals surface area (Å²) in [6.07, 6.45) is 12.5. The minimum Gasteiger partial charge on any atom is -0.349 e. The predicted octanol–water partition coefficient (Wildman–Crippen LogP) is 3.12. The number of amides is 1. The minimum absolute atomic E-state index is 0.0846. The van der Waals surface area contributed by atoms with Crippen LogP contribution in [0.25, 0.3) is 0 Å². The number of hydrogen-bond donors (Lipinski definition) is 2. The maximum atomic E-state index is 11.9. The van der Waals surface area contributed by atoms with Crippen LogP contribution < -0.4 is 11.1 Å². The van der Waals surface area contributed by atoms with Crippen molar-refractivity contribution in [3.05, 3.63) is 0 Å². The van der Waals surface area contributed by atoms with Gasteiger partial charge in [-0.25, -0.2) is 0 Å². The van der Waals surface area contributed by atoms with E-state index >= 15 is 0 Å². The highest BCUT2D eigenvalue weighted by molar-refractivity contribution is 5.76. The second kappa shape index (κ2) is 8.52. The molecule has 3 heteroatoms. The Hall–Kier alpha value is -0.570. The van der Waals surface area contributed by atoms with Crippen LogP contribution in [0, 0.1) is 0 Å². The summed E-state index contributed by atoms with van der Waals surface area (Å²) < 4.78 is 0. The molecule has 3 N–H and O–H groups in total. The average molecular weight is 254 g/mol. The van der Waals surface area contributed by atoms with Crippen LogP contribution in [0.5, 0.6) is 0 Å². The molecule has 0 unspecified atom stereocenters. The third-order valence-corrected chi connectivity index (χ3v) is 4.11. The first-order chi connectivity index (χ1) is 8.72. The van der Waals surface area contributed by atoms with Crippen molar-refractivity contribution in [1.82, 2.24) is 5.32 Å². The first kappa shape index (κ1) is 15.5. The van der Waals surface area contributed by atoms with Crippen molar-refractivity contribution in [2.24, 2.45) is 5.73 Å².